The lowest BCUT2D eigenvalue weighted by molar-refractivity contribution is -0.123. The number of nitrogens with zero attached hydrogens (tertiary/aromatic N) is 1. The molecule has 74 valence electrons. The van der Waals surface area contributed by atoms with Crippen LogP contribution in [0.25, 0.3) is 0 Å². The summed E-state index contributed by atoms with van der Waals surface area (Å²) < 4.78 is 12.7. The zero-order chi connectivity index (χ0) is 10.3. The van der Waals surface area contributed by atoms with Gasteiger partial charge in [0.25, 0.3) is 0 Å². The summed E-state index contributed by atoms with van der Waals surface area (Å²) in [6.07, 6.45) is 0. The van der Waals surface area contributed by atoms with E-state index >= 15 is 0 Å². The Balaban J connectivity index is 2.30. The van der Waals surface area contributed by atoms with Gasteiger partial charge >= 0.3 is 0 Å². The number of amides is 1. The predicted octanol–water partition coefficient (Wildman–Crippen LogP) is 1.15. The average molecular weight is 215 g/mol. The van der Waals surface area contributed by atoms with Crippen molar-refractivity contribution in [2.24, 2.45) is 5.73 Å². The van der Waals surface area contributed by atoms with Gasteiger partial charge in [-0.1, -0.05) is 11.6 Å². The van der Waals surface area contributed by atoms with Gasteiger partial charge in [0, 0.05) is 0 Å². The second kappa shape index (κ2) is 3.22. The van der Waals surface area contributed by atoms with E-state index in [4.69, 9.17) is 17.3 Å². The summed E-state index contributed by atoms with van der Waals surface area (Å²) in [5, 5.41) is 0.227. The van der Waals surface area contributed by atoms with Gasteiger partial charge < -0.3 is 10.6 Å². The van der Waals surface area contributed by atoms with E-state index in [0.717, 1.165) is 0 Å². The predicted molar refractivity (Wildman–Crippen MR) is 51.7 cm³/mol. The number of rotatable bonds is 1. The van der Waals surface area contributed by atoms with Crippen LogP contribution in [0.1, 0.15) is 0 Å². The number of nitrogens with two attached hydrogens (primary N) is 1. The molecule has 0 bridgehead atoms. The normalized spacial score (nSPS) is 20.9. The van der Waals surface area contributed by atoms with Gasteiger partial charge in [-0.15, -0.1) is 0 Å². The fourth-order valence-electron chi connectivity index (χ4n) is 1.37. The zero-order valence-corrected chi connectivity index (χ0v) is 7.96. The van der Waals surface area contributed by atoms with E-state index in [9.17, 15) is 9.18 Å². The van der Waals surface area contributed by atoms with Crippen LogP contribution in [0.2, 0.25) is 5.02 Å². The summed E-state index contributed by atoms with van der Waals surface area (Å²) in [4.78, 5) is 12.7. The van der Waals surface area contributed by atoms with Crippen LogP contribution in [-0.4, -0.2) is 18.5 Å². The van der Waals surface area contributed by atoms with Gasteiger partial charge in [0.1, 0.15) is 11.9 Å². The molecule has 0 spiro atoms. The SMILES string of the molecule is NC1CN(c2ccc(F)cc2Cl)C1=O. The van der Waals surface area contributed by atoms with Gasteiger partial charge in [-0.05, 0) is 18.2 Å². The fraction of sp³-hybridized carbons (Fsp3) is 0.222. The summed E-state index contributed by atoms with van der Waals surface area (Å²) in [5.74, 6) is -0.602. The minimum Gasteiger partial charge on any atom is -0.318 e. The molecule has 2 rings (SSSR count). The van der Waals surface area contributed by atoms with Crippen LogP contribution in [0.3, 0.4) is 0 Å². The van der Waals surface area contributed by atoms with Gasteiger partial charge in [-0.2, -0.15) is 0 Å². The summed E-state index contributed by atoms with van der Waals surface area (Å²) in [6.45, 7) is 0.435. The maximum atomic E-state index is 12.7. The first-order valence-corrected chi connectivity index (χ1v) is 4.49. The molecule has 5 heteroatoms. The van der Waals surface area contributed by atoms with Crippen molar-refractivity contribution in [1.82, 2.24) is 0 Å². The van der Waals surface area contributed by atoms with E-state index in [1.165, 1.54) is 23.1 Å². The van der Waals surface area contributed by atoms with Gasteiger partial charge in [-0.25, -0.2) is 4.39 Å². The summed E-state index contributed by atoms with van der Waals surface area (Å²) >= 11 is 5.78. The van der Waals surface area contributed by atoms with Gasteiger partial charge in [0.2, 0.25) is 5.91 Å². The van der Waals surface area contributed by atoms with E-state index < -0.39 is 11.9 Å². The second-order valence-corrected chi connectivity index (χ2v) is 3.56. The summed E-state index contributed by atoms with van der Waals surface area (Å²) in [5.41, 5.74) is 5.94. The van der Waals surface area contributed by atoms with Gasteiger partial charge in [0.15, 0.2) is 0 Å². The molecular weight excluding hydrogens is 207 g/mol. The van der Waals surface area contributed by atoms with Crippen molar-refractivity contribution in [3.05, 3.63) is 29.0 Å². The molecule has 3 nitrogen and oxygen atoms in total. The first kappa shape index (κ1) is 9.43. The van der Waals surface area contributed by atoms with Crippen LogP contribution in [0, 0.1) is 5.82 Å². The van der Waals surface area contributed by atoms with Crippen molar-refractivity contribution >= 4 is 23.2 Å². The third-order valence-electron chi connectivity index (χ3n) is 2.16. The van der Waals surface area contributed by atoms with Crippen molar-refractivity contribution in [2.75, 3.05) is 11.4 Å². The largest absolute Gasteiger partial charge is 0.318 e. The standard InChI is InChI=1S/C9H8ClFN2O/c10-6-3-5(11)1-2-8(6)13-4-7(12)9(13)14/h1-3,7H,4,12H2. The molecule has 1 amide bonds. The third kappa shape index (κ3) is 1.36. The molecule has 14 heavy (non-hydrogen) atoms. The Morgan fingerprint density at radius 3 is 2.79 bits per heavy atom. The van der Waals surface area contributed by atoms with Crippen LogP contribution in [0.5, 0.6) is 0 Å². The Bertz CT molecular complexity index is 396. The zero-order valence-electron chi connectivity index (χ0n) is 7.21. The monoisotopic (exact) mass is 214 g/mol. The highest BCUT2D eigenvalue weighted by molar-refractivity contribution is 6.34. The lowest BCUT2D eigenvalue weighted by Crippen LogP contribution is -2.61. The first-order valence-electron chi connectivity index (χ1n) is 4.11. The van der Waals surface area contributed by atoms with Crippen LogP contribution in [0.4, 0.5) is 10.1 Å². The lowest BCUT2D eigenvalue weighted by Gasteiger charge is -2.36. The molecule has 1 aromatic carbocycles. The molecule has 1 fully saturated rings. The molecule has 2 N–H and O–H groups in total. The third-order valence-corrected chi connectivity index (χ3v) is 2.47. The Hall–Kier alpha value is -1.13. The van der Waals surface area contributed by atoms with E-state index in [1.807, 2.05) is 0 Å². The van der Waals surface area contributed by atoms with Crippen molar-refractivity contribution in [1.29, 1.82) is 0 Å². The fourth-order valence-corrected chi connectivity index (χ4v) is 1.64. The molecule has 1 heterocycles. The van der Waals surface area contributed by atoms with E-state index in [2.05, 4.69) is 0 Å². The molecule has 0 saturated carbocycles. The van der Waals surface area contributed by atoms with Crippen molar-refractivity contribution < 1.29 is 9.18 Å². The highest BCUT2D eigenvalue weighted by Gasteiger charge is 2.35. The number of hydrogen-bond donors (Lipinski definition) is 1. The highest BCUT2D eigenvalue weighted by atomic mass is 35.5. The summed E-state index contributed by atoms with van der Waals surface area (Å²) in [7, 11) is 0. The molecule has 0 aliphatic carbocycles. The molecule has 1 aliphatic rings. The maximum absolute atomic E-state index is 12.7. The van der Waals surface area contributed by atoms with Crippen LogP contribution >= 0.6 is 11.6 Å². The van der Waals surface area contributed by atoms with Crippen molar-refractivity contribution in [3.8, 4) is 0 Å². The quantitative estimate of drug-likeness (QED) is 0.713. The van der Waals surface area contributed by atoms with Crippen molar-refractivity contribution in [2.45, 2.75) is 6.04 Å². The molecule has 1 aromatic rings. The molecule has 1 saturated heterocycles. The van der Waals surface area contributed by atoms with Gasteiger partial charge in [0.05, 0.1) is 17.3 Å². The Morgan fingerprint density at radius 2 is 2.29 bits per heavy atom. The number of carbonyl (C=O) groups excluding carboxylic acids is 1. The van der Waals surface area contributed by atoms with Crippen LogP contribution < -0.4 is 10.6 Å². The maximum Gasteiger partial charge on any atom is 0.245 e. The van der Waals surface area contributed by atoms with E-state index in [1.54, 1.807) is 0 Å². The second-order valence-electron chi connectivity index (χ2n) is 3.15. The van der Waals surface area contributed by atoms with Crippen LogP contribution in [0.15, 0.2) is 18.2 Å². The molecule has 0 aromatic heterocycles. The topological polar surface area (TPSA) is 46.3 Å². The minimum absolute atomic E-state index is 0.182. The number of β-lactam (4-membered cyclic amide) rings is 1. The van der Waals surface area contributed by atoms with E-state index in [-0.39, 0.29) is 10.9 Å². The molecular formula is C9H8ClFN2O. The molecule has 0 radical (unpaired) electrons. The molecule has 1 atom stereocenters. The number of benzene rings is 1. The minimum atomic E-state index is -0.448. The van der Waals surface area contributed by atoms with Crippen LogP contribution in [-0.2, 0) is 4.79 Å². The lowest BCUT2D eigenvalue weighted by atomic mass is 10.1. The molecule has 1 unspecified atom stereocenters. The Kier molecular flexibility index (Phi) is 2.17. The Labute approximate surface area is 85.3 Å². The number of carbonyl (C=O) groups is 1. The molecule has 1 aliphatic heterocycles. The average Bonchev–Trinajstić information content (AvgIpc) is 2.15. The Morgan fingerprint density at radius 1 is 1.57 bits per heavy atom. The highest BCUT2D eigenvalue weighted by Crippen LogP contribution is 2.29. The van der Waals surface area contributed by atoms with Gasteiger partial charge in [-0.3, -0.25) is 4.79 Å². The number of hydrogen-bond acceptors (Lipinski definition) is 2. The first-order chi connectivity index (χ1) is 6.59. The number of anilines is 1. The van der Waals surface area contributed by atoms with Crippen molar-refractivity contribution in [3.63, 3.8) is 0 Å². The summed E-state index contributed by atoms with van der Waals surface area (Å²) in [6, 6.07) is 3.46. The van der Waals surface area contributed by atoms with E-state index in [0.29, 0.717) is 12.2 Å². The number of halogens is 2. The smallest absolute Gasteiger partial charge is 0.245 e.